The zero-order chi connectivity index (χ0) is 21.0. The number of nitrogens with two attached hydrogens (primary N) is 1. The van der Waals surface area contributed by atoms with E-state index in [4.69, 9.17) is 15.2 Å². The fraction of sp³-hybridized carbons (Fsp3) is 0.450. The number of halogens is 1. The largest absolute Gasteiger partial charge is 0.496 e. The monoisotopic (exact) mass is 511 g/mol. The minimum Gasteiger partial charge on any atom is -0.496 e. The van der Waals surface area contributed by atoms with Gasteiger partial charge in [0.15, 0.2) is 11.6 Å². The molecule has 1 aliphatic heterocycles. The van der Waals surface area contributed by atoms with Crippen molar-refractivity contribution in [2.45, 2.75) is 39.0 Å². The van der Waals surface area contributed by atoms with E-state index in [1.54, 1.807) is 12.0 Å². The van der Waals surface area contributed by atoms with Crippen LogP contribution >= 0.6 is 22.6 Å². The molecule has 3 N–H and O–H groups in total. The van der Waals surface area contributed by atoms with Crippen LogP contribution in [0, 0.1) is 3.57 Å². The highest BCUT2D eigenvalue weighted by Crippen LogP contribution is 2.37. The third kappa shape index (κ3) is 5.20. The first-order valence-corrected chi connectivity index (χ1v) is 10.7. The number of carbonyl (C=O) groups is 1. The summed E-state index contributed by atoms with van der Waals surface area (Å²) in [5.41, 5.74) is 7.07. The van der Waals surface area contributed by atoms with E-state index in [1.807, 2.05) is 12.1 Å². The summed E-state index contributed by atoms with van der Waals surface area (Å²) in [6.07, 6.45) is 4.67. The highest BCUT2D eigenvalue weighted by atomic mass is 127. The van der Waals surface area contributed by atoms with Crippen LogP contribution in [-0.2, 0) is 0 Å². The molecule has 1 fully saturated rings. The summed E-state index contributed by atoms with van der Waals surface area (Å²) in [7, 11) is 1.64. The molecule has 29 heavy (non-hydrogen) atoms. The first-order chi connectivity index (χ1) is 13.9. The standard InChI is InChI=1S/C20H26IN5O3/c1-12(2)13-9-16(28-3)14(21)10-15(13)29-17-11-23-19(24-18(17)22)25-20(27)26-7-5-4-6-8-26/h9-12H,4-8H2,1-3H3,(H3,22,23,24,25,27). The number of nitrogens with zero attached hydrogens (tertiary/aromatic N) is 3. The number of methoxy groups -OCH3 is 1. The van der Waals surface area contributed by atoms with E-state index in [2.05, 4.69) is 51.7 Å². The van der Waals surface area contributed by atoms with Crippen LogP contribution in [0.4, 0.5) is 16.6 Å². The number of urea groups is 1. The lowest BCUT2D eigenvalue weighted by Crippen LogP contribution is -2.39. The Labute approximate surface area is 184 Å². The maximum Gasteiger partial charge on any atom is 0.324 e. The third-order valence-electron chi connectivity index (χ3n) is 4.77. The van der Waals surface area contributed by atoms with Crippen molar-refractivity contribution in [3.63, 3.8) is 0 Å². The van der Waals surface area contributed by atoms with Crippen LogP contribution < -0.4 is 20.5 Å². The van der Waals surface area contributed by atoms with Gasteiger partial charge in [-0.15, -0.1) is 0 Å². The molecule has 1 aliphatic rings. The number of hydrogen-bond acceptors (Lipinski definition) is 6. The van der Waals surface area contributed by atoms with E-state index in [1.165, 1.54) is 6.20 Å². The van der Waals surface area contributed by atoms with E-state index in [0.29, 0.717) is 11.5 Å². The van der Waals surface area contributed by atoms with Crippen LogP contribution in [0.5, 0.6) is 17.2 Å². The van der Waals surface area contributed by atoms with Crippen LogP contribution in [0.3, 0.4) is 0 Å². The zero-order valence-electron chi connectivity index (χ0n) is 16.9. The molecule has 2 heterocycles. The Morgan fingerprint density at radius 3 is 2.55 bits per heavy atom. The molecule has 156 valence electrons. The Hall–Kier alpha value is -2.30. The molecule has 1 aromatic heterocycles. The lowest BCUT2D eigenvalue weighted by molar-refractivity contribution is 0.200. The van der Waals surface area contributed by atoms with Gasteiger partial charge < -0.3 is 20.1 Å². The number of ether oxygens (including phenoxy) is 2. The minimum atomic E-state index is -0.204. The second-order valence-electron chi connectivity index (χ2n) is 7.20. The van der Waals surface area contributed by atoms with Gasteiger partial charge in [0.25, 0.3) is 0 Å². The Morgan fingerprint density at radius 2 is 1.93 bits per heavy atom. The number of likely N-dealkylation sites (tertiary alicyclic amines) is 1. The third-order valence-corrected chi connectivity index (χ3v) is 5.61. The molecule has 0 atom stereocenters. The highest BCUT2D eigenvalue weighted by molar-refractivity contribution is 14.1. The first kappa shape index (κ1) is 21.4. The van der Waals surface area contributed by atoms with Crippen molar-refractivity contribution < 1.29 is 14.3 Å². The maximum absolute atomic E-state index is 12.3. The smallest absolute Gasteiger partial charge is 0.324 e. The Balaban J connectivity index is 1.77. The normalized spacial score (nSPS) is 14.0. The number of aromatic nitrogens is 2. The Kier molecular flexibility index (Phi) is 6.99. The average molecular weight is 511 g/mol. The summed E-state index contributed by atoms with van der Waals surface area (Å²) in [6.45, 7) is 5.65. The molecule has 1 aromatic carbocycles. The molecule has 2 amide bonds. The molecule has 0 radical (unpaired) electrons. The molecule has 2 aromatic rings. The highest BCUT2D eigenvalue weighted by Gasteiger charge is 2.19. The summed E-state index contributed by atoms with van der Waals surface area (Å²) in [6, 6.07) is 3.66. The number of amides is 2. The second-order valence-corrected chi connectivity index (χ2v) is 8.36. The predicted molar refractivity (Wildman–Crippen MR) is 121 cm³/mol. The molecule has 3 rings (SSSR count). The number of anilines is 2. The van der Waals surface area contributed by atoms with Gasteiger partial charge in [-0.25, -0.2) is 9.78 Å². The van der Waals surface area contributed by atoms with Gasteiger partial charge in [-0.3, -0.25) is 5.32 Å². The van der Waals surface area contributed by atoms with Crippen molar-refractivity contribution in [1.29, 1.82) is 0 Å². The molecule has 8 nitrogen and oxygen atoms in total. The molecule has 0 aliphatic carbocycles. The van der Waals surface area contributed by atoms with Crippen LogP contribution in [0.15, 0.2) is 18.3 Å². The molecular formula is C20H26IN5O3. The van der Waals surface area contributed by atoms with Crippen molar-refractivity contribution in [1.82, 2.24) is 14.9 Å². The van der Waals surface area contributed by atoms with Crippen molar-refractivity contribution in [3.8, 4) is 17.2 Å². The molecule has 1 saturated heterocycles. The number of piperidine rings is 1. The van der Waals surface area contributed by atoms with Gasteiger partial charge >= 0.3 is 6.03 Å². The van der Waals surface area contributed by atoms with Crippen LogP contribution in [-0.4, -0.2) is 41.1 Å². The fourth-order valence-corrected chi connectivity index (χ4v) is 3.82. The first-order valence-electron chi connectivity index (χ1n) is 9.62. The summed E-state index contributed by atoms with van der Waals surface area (Å²) >= 11 is 2.20. The quantitative estimate of drug-likeness (QED) is 0.569. The zero-order valence-corrected chi connectivity index (χ0v) is 19.0. The number of benzene rings is 1. The van der Waals surface area contributed by atoms with Gasteiger partial charge in [0.05, 0.1) is 16.9 Å². The molecule has 0 saturated carbocycles. The predicted octanol–water partition coefficient (Wildman–Crippen LogP) is 4.61. The van der Waals surface area contributed by atoms with E-state index >= 15 is 0 Å². The van der Waals surface area contributed by atoms with Crippen molar-refractivity contribution in [3.05, 3.63) is 27.5 Å². The van der Waals surface area contributed by atoms with Crippen molar-refractivity contribution in [2.75, 3.05) is 31.2 Å². The molecule has 9 heteroatoms. The SMILES string of the molecule is COc1cc(C(C)C)c(Oc2cnc(NC(=O)N3CCCCC3)nc2N)cc1I. The lowest BCUT2D eigenvalue weighted by atomic mass is 10.0. The van der Waals surface area contributed by atoms with Gasteiger partial charge in [0.2, 0.25) is 5.95 Å². The van der Waals surface area contributed by atoms with E-state index in [0.717, 1.165) is 47.2 Å². The maximum atomic E-state index is 12.3. The summed E-state index contributed by atoms with van der Waals surface area (Å²) < 4.78 is 12.4. The number of hydrogen-bond donors (Lipinski definition) is 2. The van der Waals surface area contributed by atoms with Gasteiger partial charge in [-0.2, -0.15) is 4.98 Å². The molecule has 0 spiro atoms. The average Bonchev–Trinajstić information content (AvgIpc) is 2.70. The molecule has 0 bridgehead atoms. The molecule has 0 unspecified atom stereocenters. The fourth-order valence-electron chi connectivity index (χ4n) is 3.16. The lowest BCUT2D eigenvalue weighted by Gasteiger charge is -2.26. The number of rotatable bonds is 5. The Morgan fingerprint density at radius 1 is 1.21 bits per heavy atom. The minimum absolute atomic E-state index is 0.162. The van der Waals surface area contributed by atoms with E-state index in [-0.39, 0.29) is 23.7 Å². The number of nitrogen functional groups attached to an aromatic ring is 1. The van der Waals surface area contributed by atoms with Crippen LogP contribution in [0.25, 0.3) is 0 Å². The van der Waals surface area contributed by atoms with Gasteiger partial charge in [-0.05, 0) is 59.9 Å². The van der Waals surface area contributed by atoms with Gasteiger partial charge in [0.1, 0.15) is 11.5 Å². The number of nitrogens with one attached hydrogen (secondary N) is 1. The topological polar surface area (TPSA) is 103 Å². The van der Waals surface area contributed by atoms with E-state index < -0.39 is 0 Å². The van der Waals surface area contributed by atoms with Crippen LogP contribution in [0.1, 0.15) is 44.6 Å². The van der Waals surface area contributed by atoms with E-state index in [9.17, 15) is 4.79 Å². The summed E-state index contributed by atoms with van der Waals surface area (Å²) in [5, 5.41) is 2.71. The van der Waals surface area contributed by atoms with Crippen molar-refractivity contribution in [2.24, 2.45) is 0 Å². The summed E-state index contributed by atoms with van der Waals surface area (Å²) in [4.78, 5) is 22.5. The second kappa shape index (κ2) is 9.47. The van der Waals surface area contributed by atoms with Gasteiger partial charge in [0, 0.05) is 18.7 Å². The van der Waals surface area contributed by atoms with Crippen LogP contribution in [0.2, 0.25) is 0 Å². The Bertz CT molecular complexity index is 885. The summed E-state index contributed by atoms with van der Waals surface area (Å²) in [5.74, 6) is 2.35. The number of carbonyl (C=O) groups excluding carboxylic acids is 1. The van der Waals surface area contributed by atoms with Crippen molar-refractivity contribution >= 4 is 40.4 Å². The molecular weight excluding hydrogens is 485 g/mol. The van der Waals surface area contributed by atoms with Gasteiger partial charge in [-0.1, -0.05) is 13.8 Å².